The van der Waals surface area contributed by atoms with Crippen LogP contribution in [0.4, 0.5) is 14.5 Å². The van der Waals surface area contributed by atoms with Crippen LogP contribution in [0.2, 0.25) is 0 Å². The molecule has 9 heteroatoms. The number of guanidine groups is 1. The fourth-order valence-corrected chi connectivity index (χ4v) is 1.92. The van der Waals surface area contributed by atoms with Gasteiger partial charge >= 0.3 is 0 Å². The van der Waals surface area contributed by atoms with Gasteiger partial charge in [0.1, 0.15) is 11.6 Å². The summed E-state index contributed by atoms with van der Waals surface area (Å²) in [5.41, 5.74) is 5.31. The van der Waals surface area contributed by atoms with Crippen LogP contribution in [0.5, 0.6) is 0 Å². The van der Waals surface area contributed by atoms with Crippen molar-refractivity contribution in [1.82, 2.24) is 4.31 Å². The highest BCUT2D eigenvalue weighted by Crippen LogP contribution is 2.14. The quantitative estimate of drug-likeness (QED) is 0.615. The second kappa shape index (κ2) is 6.62. The summed E-state index contributed by atoms with van der Waals surface area (Å²) in [6.07, 6.45) is 0. The molecule has 20 heavy (non-hydrogen) atoms. The number of hydrogen-bond donors (Lipinski definition) is 2. The monoisotopic (exact) mass is 306 g/mol. The Kier molecular flexibility index (Phi) is 5.40. The zero-order valence-corrected chi connectivity index (χ0v) is 11.9. The van der Waals surface area contributed by atoms with E-state index in [9.17, 15) is 17.2 Å². The maximum atomic E-state index is 13.3. The maximum absolute atomic E-state index is 13.3. The molecule has 0 bridgehead atoms. The van der Waals surface area contributed by atoms with Gasteiger partial charge in [0.25, 0.3) is 0 Å². The summed E-state index contributed by atoms with van der Waals surface area (Å²) in [7, 11) is -0.562. The van der Waals surface area contributed by atoms with Crippen molar-refractivity contribution in [3.05, 3.63) is 29.8 Å². The van der Waals surface area contributed by atoms with Crippen molar-refractivity contribution in [2.75, 3.05) is 31.7 Å². The first-order valence-corrected chi connectivity index (χ1v) is 7.25. The van der Waals surface area contributed by atoms with Gasteiger partial charge in [0, 0.05) is 20.2 Å². The minimum atomic E-state index is -3.37. The summed E-state index contributed by atoms with van der Waals surface area (Å²) in [6.45, 7) is -0.0870. The fourth-order valence-electron chi connectivity index (χ4n) is 1.23. The minimum Gasteiger partial charge on any atom is -0.370 e. The third-order valence-electron chi connectivity index (χ3n) is 2.38. The van der Waals surface area contributed by atoms with E-state index in [2.05, 4.69) is 10.3 Å². The molecule has 0 unspecified atom stereocenters. The predicted molar refractivity (Wildman–Crippen MR) is 73.9 cm³/mol. The highest BCUT2D eigenvalue weighted by atomic mass is 32.2. The van der Waals surface area contributed by atoms with Crippen molar-refractivity contribution in [2.45, 2.75) is 0 Å². The Morgan fingerprint density at radius 2 is 2.05 bits per heavy atom. The molecule has 6 nitrogen and oxygen atoms in total. The standard InChI is InChI=1S/C11H16F2N4O2S/c1-17(2)20(18,19)6-5-15-11(14)16-10-7-8(12)3-4-9(10)13/h3-4,7H,5-6H2,1-2H3,(H3,14,15,16). The number of anilines is 1. The van der Waals surface area contributed by atoms with Gasteiger partial charge in [0.15, 0.2) is 5.96 Å². The number of benzene rings is 1. The number of nitrogens with two attached hydrogens (primary N) is 1. The van der Waals surface area contributed by atoms with Gasteiger partial charge in [0.05, 0.1) is 18.0 Å². The Bertz CT molecular complexity index is 602. The van der Waals surface area contributed by atoms with Crippen molar-refractivity contribution < 1.29 is 17.2 Å². The highest BCUT2D eigenvalue weighted by molar-refractivity contribution is 7.89. The summed E-state index contributed by atoms with van der Waals surface area (Å²) in [5.74, 6) is -1.74. The van der Waals surface area contributed by atoms with E-state index in [4.69, 9.17) is 5.73 Å². The van der Waals surface area contributed by atoms with E-state index in [1.807, 2.05) is 0 Å². The Hall–Kier alpha value is -1.74. The molecule has 0 saturated heterocycles. The van der Waals surface area contributed by atoms with Crippen molar-refractivity contribution in [3.8, 4) is 0 Å². The summed E-state index contributed by atoms with van der Waals surface area (Å²) >= 11 is 0. The second-order valence-corrected chi connectivity index (χ2v) is 6.42. The highest BCUT2D eigenvalue weighted by Gasteiger charge is 2.12. The normalized spacial score (nSPS) is 12.8. The lowest BCUT2D eigenvalue weighted by Gasteiger charge is -2.10. The van der Waals surface area contributed by atoms with Gasteiger partial charge in [-0.15, -0.1) is 0 Å². The van der Waals surface area contributed by atoms with Crippen LogP contribution in [-0.4, -0.2) is 45.1 Å². The SMILES string of the molecule is CN(C)S(=O)(=O)CCN=C(N)Nc1cc(F)ccc1F. The Balaban J connectivity index is 2.65. The zero-order chi connectivity index (χ0) is 15.3. The van der Waals surface area contributed by atoms with Crippen molar-refractivity contribution in [2.24, 2.45) is 10.7 Å². The lowest BCUT2D eigenvalue weighted by atomic mass is 10.3. The number of nitrogens with zero attached hydrogens (tertiary/aromatic N) is 2. The smallest absolute Gasteiger partial charge is 0.215 e. The van der Waals surface area contributed by atoms with Gasteiger partial charge in [-0.05, 0) is 12.1 Å². The van der Waals surface area contributed by atoms with Crippen molar-refractivity contribution in [1.29, 1.82) is 0 Å². The first kappa shape index (κ1) is 16.3. The summed E-state index contributed by atoms with van der Waals surface area (Å²) in [5, 5.41) is 2.37. The lowest BCUT2D eigenvalue weighted by Crippen LogP contribution is -2.28. The number of hydrogen-bond acceptors (Lipinski definition) is 3. The maximum Gasteiger partial charge on any atom is 0.215 e. The predicted octanol–water partition coefficient (Wildman–Crippen LogP) is 0.583. The number of sulfonamides is 1. The average Bonchev–Trinajstić information content (AvgIpc) is 2.33. The molecule has 1 aromatic carbocycles. The van der Waals surface area contributed by atoms with Crippen LogP contribution >= 0.6 is 0 Å². The van der Waals surface area contributed by atoms with E-state index < -0.39 is 21.7 Å². The number of aliphatic imine (C=N–C) groups is 1. The van der Waals surface area contributed by atoms with Gasteiger partial charge in [0.2, 0.25) is 10.0 Å². The number of nitrogens with one attached hydrogen (secondary N) is 1. The van der Waals surface area contributed by atoms with Gasteiger partial charge in [-0.3, -0.25) is 4.99 Å². The molecule has 0 radical (unpaired) electrons. The molecular weight excluding hydrogens is 290 g/mol. The molecule has 0 aliphatic rings. The van der Waals surface area contributed by atoms with Crippen molar-refractivity contribution >= 4 is 21.7 Å². The first-order chi connectivity index (χ1) is 9.22. The molecule has 1 rings (SSSR count). The third-order valence-corrected chi connectivity index (χ3v) is 4.19. The van der Waals surface area contributed by atoms with Crippen LogP contribution in [0.15, 0.2) is 23.2 Å². The molecule has 0 atom stereocenters. The lowest BCUT2D eigenvalue weighted by molar-refractivity contribution is 0.521. The molecule has 3 N–H and O–H groups in total. The van der Waals surface area contributed by atoms with Crippen LogP contribution < -0.4 is 11.1 Å². The molecule has 0 spiro atoms. The largest absolute Gasteiger partial charge is 0.370 e. The molecule has 0 amide bonds. The number of rotatable bonds is 5. The van der Waals surface area contributed by atoms with Gasteiger partial charge in [-0.2, -0.15) is 0 Å². The van der Waals surface area contributed by atoms with Crippen LogP contribution in [0.1, 0.15) is 0 Å². The topological polar surface area (TPSA) is 87.8 Å². The summed E-state index contributed by atoms with van der Waals surface area (Å²) < 4.78 is 50.2. The molecule has 0 heterocycles. The van der Waals surface area contributed by atoms with E-state index in [1.54, 1.807) is 0 Å². The van der Waals surface area contributed by atoms with E-state index in [-0.39, 0.29) is 23.9 Å². The molecule has 1 aromatic rings. The minimum absolute atomic E-state index is 0.0870. The average molecular weight is 306 g/mol. The van der Waals surface area contributed by atoms with Crippen LogP contribution in [0.25, 0.3) is 0 Å². The van der Waals surface area contributed by atoms with Crippen LogP contribution in [0, 0.1) is 11.6 Å². The van der Waals surface area contributed by atoms with E-state index in [1.165, 1.54) is 14.1 Å². The summed E-state index contributed by atoms with van der Waals surface area (Å²) in [6, 6.07) is 2.84. The molecule has 0 fully saturated rings. The van der Waals surface area contributed by atoms with Crippen LogP contribution in [-0.2, 0) is 10.0 Å². The first-order valence-electron chi connectivity index (χ1n) is 5.64. The van der Waals surface area contributed by atoms with E-state index in [0.717, 1.165) is 22.5 Å². The Labute approximate surface area is 116 Å². The van der Waals surface area contributed by atoms with E-state index in [0.29, 0.717) is 0 Å². The molecule has 0 aromatic heterocycles. The molecule has 0 aliphatic carbocycles. The fraction of sp³-hybridized carbons (Fsp3) is 0.364. The van der Waals surface area contributed by atoms with Gasteiger partial charge < -0.3 is 11.1 Å². The Morgan fingerprint density at radius 3 is 2.65 bits per heavy atom. The molecule has 112 valence electrons. The molecule has 0 aliphatic heterocycles. The van der Waals surface area contributed by atoms with E-state index >= 15 is 0 Å². The third kappa shape index (κ3) is 4.74. The molecular formula is C11H16F2N4O2S. The number of halogens is 2. The zero-order valence-electron chi connectivity index (χ0n) is 11.1. The van der Waals surface area contributed by atoms with Gasteiger partial charge in [-0.1, -0.05) is 0 Å². The Morgan fingerprint density at radius 1 is 1.40 bits per heavy atom. The summed E-state index contributed by atoms with van der Waals surface area (Å²) in [4.78, 5) is 3.75. The van der Waals surface area contributed by atoms with Gasteiger partial charge in [-0.25, -0.2) is 21.5 Å². The van der Waals surface area contributed by atoms with Crippen LogP contribution in [0.3, 0.4) is 0 Å². The second-order valence-electron chi connectivity index (χ2n) is 4.11. The molecule has 0 saturated carbocycles. The van der Waals surface area contributed by atoms with Crippen molar-refractivity contribution in [3.63, 3.8) is 0 Å².